The molecule has 0 aliphatic heterocycles. The molecule has 1 fully saturated rings. The molecule has 0 unspecified atom stereocenters. The van der Waals surface area contributed by atoms with E-state index < -0.39 is 75.6 Å². The van der Waals surface area contributed by atoms with E-state index in [4.69, 9.17) is 40.0 Å². The molecule has 0 atom stereocenters. The van der Waals surface area contributed by atoms with Crippen LogP contribution in [0.25, 0.3) is 0 Å². The number of rotatable bonds is 32. The van der Waals surface area contributed by atoms with E-state index in [9.17, 15) is 76.7 Å². The Morgan fingerprint density at radius 3 is 1.12 bits per heavy atom. The van der Waals surface area contributed by atoms with Crippen LogP contribution in [0.5, 0.6) is 34.5 Å². The zero-order valence-corrected chi connectivity index (χ0v) is 72.2. The van der Waals surface area contributed by atoms with Crippen LogP contribution in [0.4, 0.5) is 81.1 Å². The fourth-order valence-electron chi connectivity index (χ4n) is 11.9. The number of amides is 5. The molecule has 5 N–H and O–H groups in total. The average molecular weight is 1780 g/mol. The maximum atomic E-state index is 13.6. The summed E-state index contributed by atoms with van der Waals surface area (Å²) in [6, 6.07) is 44.4. The second kappa shape index (κ2) is 46.9. The van der Waals surface area contributed by atoms with Crippen molar-refractivity contribution in [2.75, 3.05) is 163 Å². The van der Waals surface area contributed by atoms with E-state index in [2.05, 4.69) is 26.6 Å². The SMILES string of the molecule is CN(C)CCOc1ccccc1C(=O)Nc1ccccc1.Cc1ccc(NC(=O)c2c(OCCN(C)C)cc(C(=O)Nc3ccc(Cl)c(C(F)(F)F)c3)cc2OCCN(C)C)cc1C(F)(F)F.Cc1ccc(NC(=O)c2c(OCCN(C)C)cccc2OC2CCCC2)cc1C(F)(F)F.Cc1ccc(NC(=O)c2cccc(OCCN(C)C)c2)cc1C(F)(F)F. The largest absolute Gasteiger partial charge is 0.492 e. The van der Waals surface area contributed by atoms with Gasteiger partial charge in [0.15, 0.2) is 0 Å². The van der Waals surface area contributed by atoms with Gasteiger partial charge in [-0.05, 0) is 255 Å². The minimum Gasteiger partial charge on any atom is -0.492 e. The summed E-state index contributed by atoms with van der Waals surface area (Å²) in [4.78, 5) is 74.3. The highest BCUT2D eigenvalue weighted by atomic mass is 35.5. The molecule has 0 radical (unpaired) electrons. The van der Waals surface area contributed by atoms with Gasteiger partial charge >= 0.3 is 24.7 Å². The summed E-state index contributed by atoms with van der Waals surface area (Å²) in [6.07, 6.45) is -14.5. The number of aryl methyl sites for hydroxylation is 3. The van der Waals surface area contributed by atoms with Crippen LogP contribution in [-0.2, 0) is 24.7 Å². The maximum absolute atomic E-state index is 13.6. The van der Waals surface area contributed by atoms with Crippen LogP contribution in [-0.4, -0.2) is 196 Å². The Kier molecular flexibility index (Phi) is 37.7. The van der Waals surface area contributed by atoms with Gasteiger partial charge in [-0.2, -0.15) is 52.7 Å². The molecule has 1 saturated carbocycles. The summed E-state index contributed by atoms with van der Waals surface area (Å²) >= 11 is 5.69. The zero-order valence-electron chi connectivity index (χ0n) is 71.4. The summed E-state index contributed by atoms with van der Waals surface area (Å²) in [7, 11) is 18.7. The first kappa shape index (κ1) is 100. The van der Waals surface area contributed by atoms with Gasteiger partial charge in [0.1, 0.15) is 78.7 Å². The molecule has 1 aliphatic carbocycles. The number of hydrogen-bond acceptors (Lipinski definition) is 16. The fraction of sp³-hybridized carbons (Fsp3) is 0.352. The van der Waals surface area contributed by atoms with E-state index in [1.807, 2.05) is 106 Å². The molecule has 0 saturated heterocycles. The van der Waals surface area contributed by atoms with Crippen LogP contribution in [0, 0.1) is 20.8 Å². The predicted octanol–water partition coefficient (Wildman–Crippen LogP) is 19.7. The molecule has 9 aromatic carbocycles. The third kappa shape index (κ3) is 32.8. The number of ether oxygens (including phenoxy) is 6. The van der Waals surface area contributed by atoms with Gasteiger partial charge in [0.25, 0.3) is 29.5 Å². The molecule has 0 spiro atoms. The molecule has 1 aliphatic rings. The van der Waals surface area contributed by atoms with E-state index in [0.29, 0.717) is 79.6 Å². The van der Waals surface area contributed by atoms with E-state index in [0.717, 1.165) is 68.7 Å². The lowest BCUT2D eigenvalue weighted by atomic mass is 10.1. The van der Waals surface area contributed by atoms with Crippen LogP contribution in [0.2, 0.25) is 5.02 Å². The number of carbonyl (C=O) groups excluding carboxylic acids is 5. The second-order valence-electron chi connectivity index (χ2n) is 30.2. The maximum Gasteiger partial charge on any atom is 0.417 e. The van der Waals surface area contributed by atoms with Gasteiger partial charge in [-0.25, -0.2) is 0 Å². The first-order valence-corrected chi connectivity index (χ1v) is 39.8. The van der Waals surface area contributed by atoms with Crippen LogP contribution < -0.4 is 55.0 Å². The van der Waals surface area contributed by atoms with Crippen LogP contribution in [0.1, 0.15) is 116 Å². The third-order valence-electron chi connectivity index (χ3n) is 18.5. The van der Waals surface area contributed by atoms with Crippen molar-refractivity contribution in [1.29, 1.82) is 0 Å². The topological polar surface area (TPSA) is 217 Å². The number of nitrogens with zero attached hydrogens (tertiary/aromatic N) is 5. The van der Waals surface area contributed by atoms with Crippen molar-refractivity contribution in [2.45, 2.75) is 77.3 Å². The Morgan fingerprint density at radius 1 is 0.336 bits per heavy atom. The second-order valence-corrected chi connectivity index (χ2v) is 30.6. The summed E-state index contributed by atoms with van der Waals surface area (Å²) in [5, 5.41) is 12.2. The Labute approximate surface area is 724 Å². The molecule has 0 aromatic heterocycles. The first-order valence-electron chi connectivity index (χ1n) is 39.4. The standard InChI is InChI=1S/C31H33ClF6N4O4.C24H29F3N2O3.C19H21F3N2O2.C17H20N2O2/c1-18-6-7-20(16-22(18)30(33,34)35)40-29(44)27-25(45-12-10-41(2)3)14-19(15-26(27)46-13-11-42(4)5)28(43)39-21-8-9-24(32)23(17-21)31(36,37)38;1-16-11-12-17(15-19(16)24(25,26)27)28-23(30)22-20(31-14-13-29(2)3)9-6-10-21(22)32-18-7-4-5-8-18;1-13-7-8-15(12-17(13)19(20,21)22)23-18(25)14-5-4-6-16(11-14)26-10-9-24(2)3;1-19(2)12-13-21-16-11-7-6-10-15(16)17(20)18-14-8-4-3-5-9-14/h6-9,14-17H,10-13H2,1-5H3,(H,39,43)(H,40,44);6,9-12,15,18H,4-5,7-8,13-14H2,1-3H3,(H,28,30);4-8,11-12H,9-10H2,1-3H3,(H,23,25);3-11H,12-13H2,1-2H3,(H,18,20). The van der Waals surface area contributed by atoms with Crippen molar-refractivity contribution in [3.63, 3.8) is 0 Å². The summed E-state index contributed by atoms with van der Waals surface area (Å²) in [5.41, 5.74) is -2.20. The zero-order chi connectivity index (χ0) is 92.1. The quantitative estimate of drug-likeness (QED) is 0.0248. The van der Waals surface area contributed by atoms with Gasteiger partial charge in [0.05, 0.1) is 38.9 Å². The average Bonchev–Trinajstić information content (AvgIpc) is 0.867. The highest BCUT2D eigenvalue weighted by Gasteiger charge is 2.37. The summed E-state index contributed by atoms with van der Waals surface area (Å²) < 4.78 is 195. The Balaban J connectivity index is 0.000000239. The van der Waals surface area contributed by atoms with Crippen molar-refractivity contribution < 1.29 is 105 Å². The number of hydrogen-bond donors (Lipinski definition) is 5. The number of carbonyl (C=O) groups is 5. The minimum atomic E-state index is -4.77. The van der Waals surface area contributed by atoms with Gasteiger partial charge < -0.3 is 79.5 Å². The van der Waals surface area contributed by atoms with Gasteiger partial charge in [-0.15, -0.1) is 0 Å². The van der Waals surface area contributed by atoms with Crippen LogP contribution in [0.15, 0.2) is 182 Å². The Bertz CT molecular complexity index is 5030. The van der Waals surface area contributed by atoms with E-state index in [-0.39, 0.29) is 92.9 Å². The van der Waals surface area contributed by atoms with Gasteiger partial charge in [0.2, 0.25) is 0 Å². The van der Waals surface area contributed by atoms with Gasteiger partial charge in [-0.1, -0.05) is 72.3 Å². The molecule has 5 amide bonds. The first-order chi connectivity index (χ1) is 58.8. The lowest BCUT2D eigenvalue weighted by Gasteiger charge is -2.20. The van der Waals surface area contributed by atoms with Crippen molar-refractivity contribution in [3.05, 3.63) is 254 Å². The molecule has 21 nitrogen and oxygen atoms in total. The predicted molar refractivity (Wildman–Crippen MR) is 460 cm³/mol. The molecular weight excluding hydrogens is 1670 g/mol. The smallest absolute Gasteiger partial charge is 0.417 e. The molecular formula is C91H103ClF12N10O11. The van der Waals surface area contributed by atoms with Crippen LogP contribution in [0.3, 0.4) is 0 Å². The molecule has 0 heterocycles. The van der Waals surface area contributed by atoms with E-state index in [1.165, 1.54) is 75.4 Å². The number of para-hydroxylation sites is 2. The van der Waals surface area contributed by atoms with Gasteiger partial charge in [0, 0.05) is 72.3 Å². The normalized spacial score (nSPS) is 12.3. The highest BCUT2D eigenvalue weighted by Crippen LogP contribution is 2.41. The third-order valence-corrected chi connectivity index (χ3v) is 18.9. The number of nitrogens with one attached hydrogen (secondary N) is 5. The summed E-state index contributed by atoms with van der Waals surface area (Å²) in [5.74, 6) is -1.40. The molecule has 125 heavy (non-hydrogen) atoms. The molecule has 34 heteroatoms. The number of alkyl halides is 12. The van der Waals surface area contributed by atoms with Crippen molar-refractivity contribution in [1.82, 2.24) is 24.5 Å². The monoisotopic (exact) mass is 1770 g/mol. The van der Waals surface area contributed by atoms with Gasteiger partial charge in [-0.3, -0.25) is 24.0 Å². The highest BCUT2D eigenvalue weighted by molar-refractivity contribution is 6.31. The number of benzene rings is 9. The lowest BCUT2D eigenvalue weighted by Crippen LogP contribution is -2.23. The van der Waals surface area contributed by atoms with Crippen molar-refractivity contribution >= 4 is 69.6 Å². The molecule has 674 valence electrons. The van der Waals surface area contributed by atoms with Crippen molar-refractivity contribution in [3.8, 4) is 34.5 Å². The molecule has 9 aromatic rings. The number of anilines is 5. The minimum absolute atomic E-state index is 0.00906. The Hall–Kier alpha value is -11.6. The van der Waals surface area contributed by atoms with E-state index >= 15 is 0 Å². The van der Waals surface area contributed by atoms with E-state index in [1.54, 1.807) is 86.5 Å². The molecule has 0 bridgehead atoms. The van der Waals surface area contributed by atoms with Crippen LogP contribution >= 0.6 is 11.6 Å². The Morgan fingerprint density at radius 2 is 0.680 bits per heavy atom. The number of likely N-dealkylation sites (N-methyl/N-ethyl adjacent to an activating group) is 5. The fourth-order valence-corrected chi connectivity index (χ4v) is 12.1. The number of halogens is 13. The summed E-state index contributed by atoms with van der Waals surface area (Å²) in [6.45, 7) is 8.40. The van der Waals surface area contributed by atoms with Crippen molar-refractivity contribution in [2.24, 2.45) is 0 Å². The lowest BCUT2D eigenvalue weighted by molar-refractivity contribution is -0.138. The molecule has 10 rings (SSSR count).